The topological polar surface area (TPSA) is 53.9 Å². The van der Waals surface area contributed by atoms with Crippen LogP contribution >= 0.6 is 0 Å². The van der Waals surface area contributed by atoms with Gasteiger partial charge in [0.25, 0.3) is 0 Å². The van der Waals surface area contributed by atoms with Crippen LogP contribution in [0.15, 0.2) is 12.4 Å². The average Bonchev–Trinajstić information content (AvgIpc) is 3.01. The maximum Gasteiger partial charge on any atom is 0.165 e. The molecule has 5 heteroatoms. The highest BCUT2D eigenvalue weighted by molar-refractivity contribution is 5.89. The van der Waals surface area contributed by atoms with Gasteiger partial charge < -0.3 is 5.32 Å². The van der Waals surface area contributed by atoms with Crippen molar-refractivity contribution >= 4 is 16.9 Å². The molecule has 2 aromatic heterocycles. The normalized spacial score (nSPS) is 17.1. The smallest absolute Gasteiger partial charge is 0.165 e. The van der Waals surface area contributed by atoms with Gasteiger partial charge in [-0.3, -0.25) is 4.90 Å². The molecule has 124 valence electrons. The van der Waals surface area contributed by atoms with Crippen LogP contribution in [0.5, 0.6) is 0 Å². The first-order valence-electron chi connectivity index (χ1n) is 8.60. The Kier molecular flexibility index (Phi) is 4.48. The minimum absolute atomic E-state index is 0.248. The van der Waals surface area contributed by atoms with Crippen LogP contribution < -0.4 is 5.32 Å². The molecule has 0 aromatic carbocycles. The summed E-state index contributed by atoms with van der Waals surface area (Å²) in [7, 11) is 2.24. The van der Waals surface area contributed by atoms with E-state index in [0.29, 0.717) is 0 Å². The van der Waals surface area contributed by atoms with E-state index in [4.69, 9.17) is 0 Å². The Morgan fingerprint density at radius 1 is 1.22 bits per heavy atom. The van der Waals surface area contributed by atoms with E-state index in [-0.39, 0.29) is 5.54 Å². The fraction of sp³-hybridized carbons (Fsp3) is 0.611. The molecule has 1 aliphatic carbocycles. The molecule has 23 heavy (non-hydrogen) atoms. The SMILES string of the molecule is CCN(C)C1(CNc2ncnc3nc(C)cc(C)c23)CCCC1. The zero-order chi connectivity index (χ0) is 16.4. The highest BCUT2D eigenvalue weighted by Crippen LogP contribution is 2.35. The van der Waals surface area contributed by atoms with Crippen LogP contribution in [0, 0.1) is 13.8 Å². The first-order chi connectivity index (χ1) is 11.1. The number of pyridine rings is 1. The lowest BCUT2D eigenvalue weighted by Gasteiger charge is -2.38. The number of likely N-dealkylation sites (N-methyl/N-ethyl adjacent to an activating group) is 1. The number of aromatic nitrogens is 3. The lowest BCUT2D eigenvalue weighted by molar-refractivity contribution is 0.144. The zero-order valence-electron chi connectivity index (χ0n) is 14.7. The maximum atomic E-state index is 4.54. The van der Waals surface area contributed by atoms with Crippen LogP contribution in [0.4, 0.5) is 5.82 Å². The molecule has 5 nitrogen and oxygen atoms in total. The summed E-state index contributed by atoms with van der Waals surface area (Å²) >= 11 is 0. The van der Waals surface area contributed by atoms with Crippen LogP contribution in [-0.4, -0.2) is 45.5 Å². The van der Waals surface area contributed by atoms with Gasteiger partial charge >= 0.3 is 0 Å². The molecule has 2 heterocycles. The van der Waals surface area contributed by atoms with Gasteiger partial charge in [0.05, 0.1) is 5.39 Å². The summed E-state index contributed by atoms with van der Waals surface area (Å²) in [6, 6.07) is 2.10. The van der Waals surface area contributed by atoms with E-state index >= 15 is 0 Å². The van der Waals surface area contributed by atoms with E-state index in [1.165, 1.54) is 31.2 Å². The average molecular weight is 313 g/mol. The van der Waals surface area contributed by atoms with Crippen LogP contribution in [0.2, 0.25) is 0 Å². The number of hydrogen-bond donors (Lipinski definition) is 1. The van der Waals surface area contributed by atoms with Gasteiger partial charge in [-0.1, -0.05) is 19.8 Å². The molecule has 1 aliphatic rings. The molecule has 0 unspecified atom stereocenters. The molecular formula is C18H27N5. The Morgan fingerprint density at radius 2 is 1.96 bits per heavy atom. The van der Waals surface area contributed by atoms with E-state index in [2.05, 4.69) is 52.1 Å². The molecule has 0 atom stereocenters. The Bertz CT molecular complexity index is 691. The second-order valence-electron chi connectivity index (χ2n) is 6.80. The van der Waals surface area contributed by atoms with Crippen molar-refractivity contribution in [1.29, 1.82) is 0 Å². The number of nitrogens with zero attached hydrogens (tertiary/aromatic N) is 4. The van der Waals surface area contributed by atoms with Gasteiger partial charge in [0.15, 0.2) is 5.65 Å². The van der Waals surface area contributed by atoms with Crippen molar-refractivity contribution in [2.45, 2.75) is 52.0 Å². The van der Waals surface area contributed by atoms with E-state index in [0.717, 1.165) is 35.6 Å². The number of fused-ring (bicyclic) bond motifs is 1. The molecule has 1 N–H and O–H groups in total. The molecular weight excluding hydrogens is 286 g/mol. The van der Waals surface area contributed by atoms with Crippen molar-refractivity contribution in [2.75, 3.05) is 25.5 Å². The van der Waals surface area contributed by atoms with Gasteiger partial charge in [-0.15, -0.1) is 0 Å². The largest absolute Gasteiger partial charge is 0.368 e. The lowest BCUT2D eigenvalue weighted by Crippen LogP contribution is -2.49. The molecule has 0 radical (unpaired) electrons. The van der Waals surface area contributed by atoms with Crippen molar-refractivity contribution in [1.82, 2.24) is 19.9 Å². The third-order valence-electron chi connectivity index (χ3n) is 5.33. The summed E-state index contributed by atoms with van der Waals surface area (Å²) in [6.07, 6.45) is 6.75. The summed E-state index contributed by atoms with van der Waals surface area (Å²) in [5, 5.41) is 4.66. The number of anilines is 1. The first-order valence-corrected chi connectivity index (χ1v) is 8.60. The molecule has 0 bridgehead atoms. The lowest BCUT2D eigenvalue weighted by atomic mass is 9.95. The molecule has 3 rings (SSSR count). The van der Waals surface area contributed by atoms with E-state index < -0.39 is 0 Å². The van der Waals surface area contributed by atoms with Crippen molar-refractivity contribution in [2.24, 2.45) is 0 Å². The van der Waals surface area contributed by atoms with Crippen molar-refractivity contribution in [3.63, 3.8) is 0 Å². The van der Waals surface area contributed by atoms with Crippen molar-refractivity contribution in [3.8, 4) is 0 Å². The fourth-order valence-electron chi connectivity index (χ4n) is 3.85. The quantitative estimate of drug-likeness (QED) is 0.917. The number of hydrogen-bond acceptors (Lipinski definition) is 5. The minimum Gasteiger partial charge on any atom is -0.368 e. The third-order valence-corrected chi connectivity index (χ3v) is 5.33. The molecule has 0 spiro atoms. The Balaban J connectivity index is 1.90. The molecule has 1 saturated carbocycles. The predicted molar refractivity (Wildman–Crippen MR) is 94.8 cm³/mol. The van der Waals surface area contributed by atoms with Gasteiger partial charge in [0.1, 0.15) is 12.1 Å². The van der Waals surface area contributed by atoms with Crippen molar-refractivity contribution in [3.05, 3.63) is 23.7 Å². The van der Waals surface area contributed by atoms with Gasteiger partial charge in [-0.05, 0) is 51.9 Å². The summed E-state index contributed by atoms with van der Waals surface area (Å²) < 4.78 is 0. The van der Waals surface area contributed by atoms with Crippen LogP contribution in [0.3, 0.4) is 0 Å². The van der Waals surface area contributed by atoms with Crippen LogP contribution in [0.25, 0.3) is 11.0 Å². The minimum atomic E-state index is 0.248. The number of rotatable bonds is 5. The highest BCUT2D eigenvalue weighted by atomic mass is 15.2. The van der Waals surface area contributed by atoms with Crippen LogP contribution in [-0.2, 0) is 0 Å². The van der Waals surface area contributed by atoms with Crippen molar-refractivity contribution < 1.29 is 0 Å². The van der Waals surface area contributed by atoms with Crippen LogP contribution in [0.1, 0.15) is 43.9 Å². The highest BCUT2D eigenvalue weighted by Gasteiger charge is 2.36. The number of aryl methyl sites for hydroxylation is 2. The van der Waals surface area contributed by atoms with E-state index in [1.54, 1.807) is 6.33 Å². The van der Waals surface area contributed by atoms with E-state index in [9.17, 15) is 0 Å². The molecule has 1 fully saturated rings. The van der Waals surface area contributed by atoms with Gasteiger partial charge in [0, 0.05) is 17.8 Å². The molecule has 0 aliphatic heterocycles. The third kappa shape index (κ3) is 3.02. The Hall–Kier alpha value is -1.75. The summed E-state index contributed by atoms with van der Waals surface area (Å²) in [4.78, 5) is 15.9. The maximum absolute atomic E-state index is 4.54. The Labute approximate surface area is 138 Å². The number of nitrogens with one attached hydrogen (secondary N) is 1. The second kappa shape index (κ2) is 6.40. The standard InChI is InChI=1S/C18H27N5/c1-5-23(4)18(8-6-7-9-18)11-19-16-15-13(2)10-14(3)22-17(15)21-12-20-16/h10,12H,5-9,11H2,1-4H3,(H,19,20,21,22). The fourth-order valence-corrected chi connectivity index (χ4v) is 3.85. The summed E-state index contributed by atoms with van der Waals surface area (Å²) in [5.74, 6) is 0.913. The monoisotopic (exact) mass is 313 g/mol. The molecule has 0 amide bonds. The second-order valence-corrected chi connectivity index (χ2v) is 6.80. The van der Waals surface area contributed by atoms with Gasteiger partial charge in [-0.25, -0.2) is 15.0 Å². The predicted octanol–water partition coefficient (Wildman–Crippen LogP) is 3.32. The Morgan fingerprint density at radius 3 is 2.65 bits per heavy atom. The summed E-state index contributed by atoms with van der Waals surface area (Å²) in [6.45, 7) is 8.35. The first kappa shape index (κ1) is 16.1. The van der Waals surface area contributed by atoms with Gasteiger partial charge in [-0.2, -0.15) is 0 Å². The van der Waals surface area contributed by atoms with E-state index in [1.807, 2.05) is 6.92 Å². The molecule has 2 aromatic rings. The van der Waals surface area contributed by atoms with Gasteiger partial charge in [0.2, 0.25) is 0 Å². The summed E-state index contributed by atoms with van der Waals surface area (Å²) in [5.41, 5.74) is 3.21. The zero-order valence-corrected chi connectivity index (χ0v) is 14.7. The molecule has 0 saturated heterocycles.